The van der Waals surface area contributed by atoms with Crippen LogP contribution >= 0.6 is 0 Å². The van der Waals surface area contributed by atoms with E-state index in [4.69, 9.17) is 5.73 Å². The molecule has 0 aromatic carbocycles. The molecule has 54 valence electrons. The van der Waals surface area contributed by atoms with Crippen LogP contribution in [0.25, 0.3) is 0 Å². The second-order valence-electron chi connectivity index (χ2n) is 2.55. The molecule has 0 aromatic heterocycles. The summed E-state index contributed by atoms with van der Waals surface area (Å²) < 4.78 is 0. The van der Waals surface area contributed by atoms with Crippen molar-refractivity contribution in [2.75, 3.05) is 14.1 Å². The third-order valence-electron chi connectivity index (χ3n) is 1.87. The zero-order valence-electron chi connectivity index (χ0n) is 6.13. The summed E-state index contributed by atoms with van der Waals surface area (Å²) in [6.45, 7) is 2.08. The van der Waals surface area contributed by atoms with Gasteiger partial charge in [-0.25, -0.2) is 10.0 Å². The fourth-order valence-corrected chi connectivity index (χ4v) is 0.959. The minimum absolute atomic E-state index is 0.106. The van der Waals surface area contributed by atoms with E-state index in [2.05, 4.69) is 12.5 Å². The van der Waals surface area contributed by atoms with Crippen LogP contribution in [-0.2, 0) is 0 Å². The molecule has 1 heterocycles. The molecule has 1 saturated heterocycles. The summed E-state index contributed by atoms with van der Waals surface area (Å²) in [6.07, 6.45) is 0.106. The zero-order valence-corrected chi connectivity index (χ0v) is 6.13. The van der Waals surface area contributed by atoms with Crippen molar-refractivity contribution in [2.45, 2.75) is 19.1 Å². The van der Waals surface area contributed by atoms with Gasteiger partial charge >= 0.3 is 0 Å². The first-order valence-corrected chi connectivity index (χ1v) is 3.10. The SMILES string of the molecule is CC1C(N)N(C)NN1C. The van der Waals surface area contributed by atoms with E-state index < -0.39 is 0 Å². The predicted molar refractivity (Wildman–Crippen MR) is 36.1 cm³/mol. The Bertz CT molecular complexity index is 93.1. The van der Waals surface area contributed by atoms with Crippen molar-refractivity contribution in [1.82, 2.24) is 15.6 Å². The topological polar surface area (TPSA) is 44.5 Å². The summed E-state index contributed by atoms with van der Waals surface area (Å²) in [5.41, 5.74) is 8.79. The Morgan fingerprint density at radius 2 is 1.89 bits per heavy atom. The first kappa shape index (κ1) is 6.95. The van der Waals surface area contributed by atoms with Crippen LogP contribution in [0.2, 0.25) is 0 Å². The van der Waals surface area contributed by atoms with E-state index in [1.807, 2.05) is 24.1 Å². The van der Waals surface area contributed by atoms with Gasteiger partial charge in [0.1, 0.15) is 0 Å². The molecular weight excluding hydrogens is 116 g/mol. The molecular formula is C5H14N4. The average molecular weight is 130 g/mol. The molecule has 2 atom stereocenters. The maximum absolute atomic E-state index is 5.73. The van der Waals surface area contributed by atoms with Gasteiger partial charge in [0.2, 0.25) is 0 Å². The number of likely N-dealkylation sites (N-methyl/N-ethyl adjacent to an activating group) is 2. The summed E-state index contributed by atoms with van der Waals surface area (Å²) in [7, 11) is 3.92. The largest absolute Gasteiger partial charge is 0.313 e. The van der Waals surface area contributed by atoms with Crippen molar-refractivity contribution in [2.24, 2.45) is 5.73 Å². The summed E-state index contributed by atoms with van der Waals surface area (Å²) in [4.78, 5) is 0. The molecule has 0 radical (unpaired) electrons. The Balaban J connectivity index is 2.54. The number of hydrazine groups is 2. The molecule has 0 spiro atoms. The van der Waals surface area contributed by atoms with E-state index in [0.717, 1.165) is 0 Å². The first-order valence-electron chi connectivity index (χ1n) is 3.10. The van der Waals surface area contributed by atoms with E-state index in [0.29, 0.717) is 6.04 Å². The third-order valence-corrected chi connectivity index (χ3v) is 1.87. The van der Waals surface area contributed by atoms with E-state index in [1.54, 1.807) is 0 Å². The minimum atomic E-state index is 0.106. The highest BCUT2D eigenvalue weighted by atomic mass is 15.8. The number of rotatable bonds is 0. The highest BCUT2D eigenvalue weighted by molar-refractivity contribution is 4.76. The molecule has 1 rings (SSSR count). The maximum Gasteiger partial charge on any atom is 0.0887 e. The summed E-state index contributed by atoms with van der Waals surface area (Å²) in [6, 6.07) is 0.384. The van der Waals surface area contributed by atoms with Crippen LogP contribution in [0.5, 0.6) is 0 Å². The fraction of sp³-hybridized carbons (Fsp3) is 1.00. The predicted octanol–water partition coefficient (Wildman–Crippen LogP) is -1.04. The molecule has 4 nitrogen and oxygen atoms in total. The Labute approximate surface area is 55.5 Å². The molecule has 2 unspecified atom stereocenters. The van der Waals surface area contributed by atoms with Crippen LogP contribution in [0.4, 0.5) is 0 Å². The Kier molecular flexibility index (Phi) is 1.72. The quantitative estimate of drug-likeness (QED) is 0.439. The van der Waals surface area contributed by atoms with E-state index in [-0.39, 0.29) is 6.17 Å². The molecule has 0 saturated carbocycles. The highest BCUT2D eigenvalue weighted by Crippen LogP contribution is 2.06. The van der Waals surface area contributed by atoms with E-state index in [1.165, 1.54) is 0 Å². The van der Waals surface area contributed by atoms with Gasteiger partial charge < -0.3 is 5.73 Å². The summed E-state index contributed by atoms with van der Waals surface area (Å²) in [5, 5.41) is 3.88. The van der Waals surface area contributed by atoms with Gasteiger partial charge in [0, 0.05) is 14.1 Å². The Morgan fingerprint density at radius 3 is 2.00 bits per heavy atom. The smallest absolute Gasteiger partial charge is 0.0887 e. The Hall–Kier alpha value is -0.160. The van der Waals surface area contributed by atoms with Crippen LogP contribution < -0.4 is 11.3 Å². The van der Waals surface area contributed by atoms with Gasteiger partial charge in [-0.1, -0.05) is 0 Å². The number of nitrogens with zero attached hydrogens (tertiary/aromatic N) is 2. The van der Waals surface area contributed by atoms with E-state index >= 15 is 0 Å². The minimum Gasteiger partial charge on any atom is -0.313 e. The monoisotopic (exact) mass is 130 g/mol. The van der Waals surface area contributed by atoms with Crippen LogP contribution in [0.15, 0.2) is 0 Å². The molecule has 0 amide bonds. The van der Waals surface area contributed by atoms with Crippen LogP contribution in [0.1, 0.15) is 6.92 Å². The molecule has 1 fully saturated rings. The normalized spacial score (nSPS) is 40.0. The van der Waals surface area contributed by atoms with Crippen molar-refractivity contribution in [3.8, 4) is 0 Å². The lowest BCUT2D eigenvalue weighted by Gasteiger charge is -2.13. The molecule has 4 heteroatoms. The van der Waals surface area contributed by atoms with Crippen molar-refractivity contribution < 1.29 is 0 Å². The number of hydrogen-bond donors (Lipinski definition) is 2. The second kappa shape index (κ2) is 2.22. The number of nitrogens with two attached hydrogens (primary N) is 1. The van der Waals surface area contributed by atoms with Gasteiger partial charge in [-0.3, -0.25) is 0 Å². The molecule has 1 aliphatic rings. The van der Waals surface area contributed by atoms with Crippen molar-refractivity contribution in [1.29, 1.82) is 0 Å². The first-order chi connectivity index (χ1) is 4.13. The average Bonchev–Trinajstić information content (AvgIpc) is 1.98. The lowest BCUT2D eigenvalue weighted by atomic mass is 10.3. The molecule has 0 aliphatic carbocycles. The van der Waals surface area contributed by atoms with Crippen molar-refractivity contribution >= 4 is 0 Å². The molecule has 9 heavy (non-hydrogen) atoms. The molecule has 0 bridgehead atoms. The van der Waals surface area contributed by atoms with Gasteiger partial charge in [0.25, 0.3) is 0 Å². The van der Waals surface area contributed by atoms with Gasteiger partial charge in [0.15, 0.2) is 0 Å². The maximum atomic E-state index is 5.73. The third kappa shape index (κ3) is 1.07. The lowest BCUT2D eigenvalue weighted by Crippen LogP contribution is -2.41. The number of hydrogen-bond acceptors (Lipinski definition) is 4. The van der Waals surface area contributed by atoms with Crippen molar-refractivity contribution in [3.05, 3.63) is 0 Å². The summed E-state index contributed by atoms with van der Waals surface area (Å²) >= 11 is 0. The van der Waals surface area contributed by atoms with Gasteiger partial charge in [-0.2, -0.15) is 5.53 Å². The zero-order chi connectivity index (χ0) is 7.02. The second-order valence-corrected chi connectivity index (χ2v) is 2.55. The van der Waals surface area contributed by atoms with Crippen LogP contribution in [0, 0.1) is 0 Å². The molecule has 3 N–H and O–H groups in total. The highest BCUT2D eigenvalue weighted by Gasteiger charge is 2.28. The van der Waals surface area contributed by atoms with Crippen LogP contribution in [0.3, 0.4) is 0 Å². The number of nitrogens with one attached hydrogen (secondary N) is 1. The van der Waals surface area contributed by atoms with Gasteiger partial charge in [-0.15, -0.1) is 0 Å². The van der Waals surface area contributed by atoms with Gasteiger partial charge in [0.05, 0.1) is 12.2 Å². The summed E-state index contributed by atoms with van der Waals surface area (Å²) in [5.74, 6) is 0. The van der Waals surface area contributed by atoms with Crippen molar-refractivity contribution in [3.63, 3.8) is 0 Å². The fourth-order valence-electron chi connectivity index (χ4n) is 0.959. The van der Waals surface area contributed by atoms with Crippen LogP contribution in [-0.4, -0.2) is 36.3 Å². The van der Waals surface area contributed by atoms with Gasteiger partial charge in [-0.05, 0) is 6.92 Å². The Morgan fingerprint density at radius 1 is 1.33 bits per heavy atom. The molecule has 0 aromatic rings. The van der Waals surface area contributed by atoms with E-state index in [9.17, 15) is 0 Å². The lowest BCUT2D eigenvalue weighted by molar-refractivity contribution is 0.149. The standard InChI is InChI=1S/C5H14N4/c1-4-5(6)9(3)7-8(4)2/h4-5,7H,6H2,1-3H3. The molecule has 1 aliphatic heterocycles.